The zero-order valence-corrected chi connectivity index (χ0v) is 15.0. The molecule has 132 valence electrons. The van der Waals surface area contributed by atoms with E-state index in [1.165, 1.54) is 6.07 Å². The number of fused-ring (bicyclic) bond motifs is 1. The predicted octanol–water partition coefficient (Wildman–Crippen LogP) is 1.65. The quantitative estimate of drug-likeness (QED) is 0.519. The summed E-state index contributed by atoms with van der Waals surface area (Å²) in [5.41, 5.74) is 1.91. The highest BCUT2D eigenvalue weighted by Crippen LogP contribution is 2.14. The second-order valence-corrected chi connectivity index (χ2v) is 8.35. The molecular formula is C16H18N4O3S2. The number of imidazole rings is 1. The van der Waals surface area contributed by atoms with Crippen molar-refractivity contribution in [1.82, 2.24) is 20.0 Å². The fourth-order valence-corrected chi connectivity index (χ4v) is 4.34. The number of H-pyrrole nitrogens is 1. The third-order valence-electron chi connectivity index (χ3n) is 3.53. The third-order valence-corrected chi connectivity index (χ3v) is 6.33. The number of hydrogen-bond donors (Lipinski definition) is 3. The summed E-state index contributed by atoms with van der Waals surface area (Å²) in [6.45, 7) is 0.182. The highest BCUT2D eigenvalue weighted by Gasteiger charge is 2.16. The lowest BCUT2D eigenvalue weighted by molar-refractivity contribution is -0.119. The van der Waals surface area contributed by atoms with Crippen LogP contribution in [0.25, 0.3) is 11.0 Å². The Bertz CT molecular complexity index is 916. The molecule has 1 amide bonds. The Morgan fingerprint density at radius 3 is 2.80 bits per heavy atom. The average molecular weight is 378 g/mol. The van der Waals surface area contributed by atoms with Gasteiger partial charge in [0.15, 0.2) is 0 Å². The summed E-state index contributed by atoms with van der Waals surface area (Å²) in [5.74, 6) is 0.513. The van der Waals surface area contributed by atoms with Gasteiger partial charge in [-0.2, -0.15) is 0 Å². The Hall–Kier alpha value is -2.23. The molecule has 25 heavy (non-hydrogen) atoms. The minimum Gasteiger partial charge on any atom is -0.355 e. The number of carbonyl (C=O) groups excluding carboxylic acids is 1. The van der Waals surface area contributed by atoms with E-state index < -0.39 is 10.0 Å². The fourth-order valence-electron chi connectivity index (χ4n) is 2.32. The maximum atomic E-state index is 11.9. The van der Waals surface area contributed by atoms with Crippen LogP contribution in [0, 0.1) is 0 Å². The first-order valence-corrected chi connectivity index (χ1v) is 10.1. The standard InChI is InChI=1S/C16H18N4O3S2/c21-15(11-18-25(22,23)16-8-4-10-24-16)17-9-3-7-14-19-12-5-1-2-6-13(12)20-14/h1-2,4-6,8,10,18H,3,7,9,11H2,(H,17,21)(H,19,20). The van der Waals surface area contributed by atoms with E-state index in [2.05, 4.69) is 20.0 Å². The second kappa shape index (κ2) is 7.77. The van der Waals surface area contributed by atoms with Gasteiger partial charge >= 0.3 is 0 Å². The smallest absolute Gasteiger partial charge is 0.250 e. The lowest BCUT2D eigenvalue weighted by Crippen LogP contribution is -2.37. The fraction of sp³-hybridized carbons (Fsp3) is 0.250. The summed E-state index contributed by atoms with van der Waals surface area (Å²) < 4.78 is 26.3. The molecule has 7 nitrogen and oxygen atoms in total. The van der Waals surface area contributed by atoms with Gasteiger partial charge in [0.2, 0.25) is 5.91 Å². The van der Waals surface area contributed by atoms with Crippen molar-refractivity contribution in [2.75, 3.05) is 13.1 Å². The molecule has 0 fully saturated rings. The van der Waals surface area contributed by atoms with Gasteiger partial charge in [0.25, 0.3) is 10.0 Å². The first-order chi connectivity index (χ1) is 12.0. The minimum absolute atomic E-state index is 0.199. The van der Waals surface area contributed by atoms with Crippen LogP contribution in [0.4, 0.5) is 0 Å². The number of aryl methyl sites for hydroxylation is 1. The van der Waals surface area contributed by atoms with Crippen LogP contribution < -0.4 is 10.0 Å². The number of amides is 1. The maximum Gasteiger partial charge on any atom is 0.250 e. The Morgan fingerprint density at radius 2 is 2.04 bits per heavy atom. The molecule has 0 spiro atoms. The zero-order valence-electron chi connectivity index (χ0n) is 13.4. The van der Waals surface area contributed by atoms with Gasteiger partial charge < -0.3 is 10.3 Å². The molecule has 3 rings (SSSR count). The molecule has 0 aliphatic carbocycles. The number of benzene rings is 1. The first-order valence-electron chi connectivity index (χ1n) is 7.78. The van der Waals surface area contributed by atoms with Crippen molar-refractivity contribution in [1.29, 1.82) is 0 Å². The van der Waals surface area contributed by atoms with E-state index in [9.17, 15) is 13.2 Å². The molecule has 2 aromatic heterocycles. The Balaban J connectivity index is 1.39. The molecule has 1 aromatic carbocycles. The van der Waals surface area contributed by atoms with Crippen LogP contribution in [0.1, 0.15) is 12.2 Å². The van der Waals surface area contributed by atoms with Crippen LogP contribution in [0.5, 0.6) is 0 Å². The van der Waals surface area contributed by atoms with Crippen molar-refractivity contribution in [2.45, 2.75) is 17.1 Å². The highest BCUT2D eigenvalue weighted by molar-refractivity contribution is 7.91. The van der Waals surface area contributed by atoms with Crippen LogP contribution in [0.15, 0.2) is 46.0 Å². The van der Waals surface area contributed by atoms with Crippen molar-refractivity contribution in [2.24, 2.45) is 0 Å². The SMILES string of the molecule is O=C(CNS(=O)(=O)c1cccs1)NCCCc1nc2ccccc2[nH]1. The van der Waals surface area contributed by atoms with Gasteiger partial charge in [0, 0.05) is 13.0 Å². The van der Waals surface area contributed by atoms with Crippen molar-refractivity contribution in [3.05, 3.63) is 47.6 Å². The van der Waals surface area contributed by atoms with E-state index in [4.69, 9.17) is 0 Å². The lowest BCUT2D eigenvalue weighted by atomic mass is 10.3. The highest BCUT2D eigenvalue weighted by atomic mass is 32.2. The molecule has 9 heteroatoms. The molecule has 0 radical (unpaired) electrons. The largest absolute Gasteiger partial charge is 0.355 e. The van der Waals surface area contributed by atoms with Gasteiger partial charge in [0.05, 0.1) is 17.6 Å². The molecule has 2 heterocycles. The predicted molar refractivity (Wildman–Crippen MR) is 96.9 cm³/mol. The Kier molecular flexibility index (Phi) is 5.47. The van der Waals surface area contributed by atoms with Crippen molar-refractivity contribution in [3.63, 3.8) is 0 Å². The summed E-state index contributed by atoms with van der Waals surface area (Å²) >= 11 is 1.11. The van der Waals surface area contributed by atoms with E-state index in [0.29, 0.717) is 19.4 Å². The van der Waals surface area contributed by atoms with Gasteiger partial charge in [0.1, 0.15) is 10.0 Å². The Labute approximate surface area is 149 Å². The summed E-state index contributed by atoms with van der Waals surface area (Å²) in [6.07, 6.45) is 1.42. The van der Waals surface area contributed by atoms with Crippen LogP contribution in [-0.4, -0.2) is 37.4 Å². The number of aromatic nitrogens is 2. The van der Waals surface area contributed by atoms with Gasteiger partial charge in [-0.3, -0.25) is 4.79 Å². The first kappa shape index (κ1) is 17.6. The van der Waals surface area contributed by atoms with Crippen molar-refractivity contribution in [3.8, 4) is 0 Å². The van der Waals surface area contributed by atoms with E-state index >= 15 is 0 Å². The van der Waals surface area contributed by atoms with Crippen LogP contribution in [0.2, 0.25) is 0 Å². The average Bonchev–Trinajstić information content (AvgIpc) is 3.26. The maximum absolute atomic E-state index is 11.9. The molecule has 3 N–H and O–H groups in total. The van der Waals surface area contributed by atoms with Crippen molar-refractivity contribution < 1.29 is 13.2 Å². The molecule has 0 aliphatic heterocycles. The number of sulfonamides is 1. The number of nitrogens with zero attached hydrogens (tertiary/aromatic N) is 1. The summed E-state index contributed by atoms with van der Waals surface area (Å²) in [6, 6.07) is 10.9. The van der Waals surface area contributed by atoms with Gasteiger partial charge in [-0.05, 0) is 30.0 Å². The normalized spacial score (nSPS) is 11.7. The zero-order chi connectivity index (χ0) is 17.7. The number of nitrogens with one attached hydrogen (secondary N) is 3. The molecule has 0 saturated carbocycles. The van der Waals surface area contributed by atoms with Gasteiger partial charge in [-0.1, -0.05) is 18.2 Å². The summed E-state index contributed by atoms with van der Waals surface area (Å²) in [7, 11) is -3.61. The molecular weight excluding hydrogens is 360 g/mol. The second-order valence-electron chi connectivity index (χ2n) is 5.41. The van der Waals surface area contributed by atoms with E-state index in [-0.39, 0.29) is 16.7 Å². The number of hydrogen-bond acceptors (Lipinski definition) is 5. The minimum atomic E-state index is -3.61. The molecule has 0 unspecified atom stereocenters. The molecule has 0 atom stereocenters. The molecule has 0 saturated heterocycles. The summed E-state index contributed by atoms with van der Waals surface area (Å²) in [4.78, 5) is 19.5. The number of thiophene rings is 1. The van der Waals surface area contributed by atoms with Gasteiger partial charge in [-0.15, -0.1) is 11.3 Å². The van der Waals surface area contributed by atoms with Crippen LogP contribution in [-0.2, 0) is 21.2 Å². The number of aromatic amines is 1. The number of carbonyl (C=O) groups is 1. The van der Waals surface area contributed by atoms with Crippen LogP contribution in [0.3, 0.4) is 0 Å². The number of rotatable bonds is 8. The van der Waals surface area contributed by atoms with Crippen LogP contribution >= 0.6 is 11.3 Å². The molecule has 0 aliphatic rings. The van der Waals surface area contributed by atoms with E-state index in [1.54, 1.807) is 11.4 Å². The summed E-state index contributed by atoms with van der Waals surface area (Å²) in [5, 5.41) is 4.37. The topological polar surface area (TPSA) is 104 Å². The monoisotopic (exact) mass is 378 g/mol. The van der Waals surface area contributed by atoms with E-state index in [0.717, 1.165) is 28.2 Å². The molecule has 3 aromatic rings. The molecule has 0 bridgehead atoms. The Morgan fingerprint density at radius 1 is 1.20 bits per heavy atom. The van der Waals surface area contributed by atoms with Gasteiger partial charge in [-0.25, -0.2) is 18.1 Å². The lowest BCUT2D eigenvalue weighted by Gasteiger charge is -2.06. The number of para-hydroxylation sites is 2. The van der Waals surface area contributed by atoms with E-state index in [1.807, 2.05) is 24.3 Å². The van der Waals surface area contributed by atoms with Crippen molar-refractivity contribution >= 4 is 38.3 Å². The third kappa shape index (κ3) is 4.65.